The van der Waals surface area contributed by atoms with Gasteiger partial charge in [-0.2, -0.15) is 0 Å². The van der Waals surface area contributed by atoms with Gasteiger partial charge in [0.15, 0.2) is 0 Å². The van der Waals surface area contributed by atoms with Crippen molar-refractivity contribution >= 4 is 0 Å². The van der Waals surface area contributed by atoms with Crippen molar-refractivity contribution in [1.82, 2.24) is 9.88 Å². The molecule has 0 aromatic carbocycles. The number of aromatic nitrogens is 1. The van der Waals surface area contributed by atoms with Crippen LogP contribution in [0.25, 0.3) is 0 Å². The standard InChI is InChI=1S/C13H20N2O2/c1-11-8-12(10-16)9-13(14-11)17-7-6-15-4-2-3-5-15/h8-9,16H,2-7,10H2,1H3. The Bertz CT molecular complexity index is 362. The molecule has 0 spiro atoms. The predicted molar refractivity (Wildman–Crippen MR) is 66.1 cm³/mol. The van der Waals surface area contributed by atoms with Gasteiger partial charge in [-0.25, -0.2) is 4.98 Å². The van der Waals surface area contributed by atoms with Crippen LogP contribution in [0.1, 0.15) is 24.1 Å². The number of aliphatic hydroxyl groups excluding tert-OH is 1. The van der Waals surface area contributed by atoms with Crippen molar-refractivity contribution in [3.05, 3.63) is 23.4 Å². The van der Waals surface area contributed by atoms with E-state index in [-0.39, 0.29) is 6.61 Å². The summed E-state index contributed by atoms with van der Waals surface area (Å²) in [6, 6.07) is 3.67. The van der Waals surface area contributed by atoms with Gasteiger partial charge in [0.05, 0.1) is 6.61 Å². The summed E-state index contributed by atoms with van der Waals surface area (Å²) in [5.41, 5.74) is 1.74. The van der Waals surface area contributed by atoms with Crippen LogP contribution in [0.3, 0.4) is 0 Å². The minimum Gasteiger partial charge on any atom is -0.476 e. The molecular formula is C13H20N2O2. The topological polar surface area (TPSA) is 45.6 Å². The zero-order chi connectivity index (χ0) is 12.1. The Morgan fingerprint density at radius 1 is 1.35 bits per heavy atom. The molecule has 4 heteroatoms. The lowest BCUT2D eigenvalue weighted by Crippen LogP contribution is -2.25. The van der Waals surface area contributed by atoms with Gasteiger partial charge < -0.3 is 9.84 Å². The van der Waals surface area contributed by atoms with Crippen LogP contribution in [-0.2, 0) is 6.61 Å². The van der Waals surface area contributed by atoms with E-state index in [1.54, 1.807) is 6.07 Å². The van der Waals surface area contributed by atoms with Gasteiger partial charge in [-0.05, 0) is 44.5 Å². The molecular weight excluding hydrogens is 216 g/mol. The highest BCUT2D eigenvalue weighted by Crippen LogP contribution is 2.13. The average Bonchev–Trinajstić information content (AvgIpc) is 2.81. The number of likely N-dealkylation sites (tertiary alicyclic amines) is 1. The molecule has 0 radical (unpaired) electrons. The minimum absolute atomic E-state index is 0.0336. The Morgan fingerprint density at radius 3 is 2.82 bits per heavy atom. The summed E-state index contributed by atoms with van der Waals surface area (Å²) < 4.78 is 5.63. The SMILES string of the molecule is Cc1cc(CO)cc(OCCN2CCCC2)n1. The molecule has 2 rings (SSSR count). The van der Waals surface area contributed by atoms with Crippen LogP contribution < -0.4 is 4.74 Å². The second kappa shape index (κ2) is 5.98. The van der Waals surface area contributed by atoms with E-state index in [1.165, 1.54) is 25.9 Å². The lowest BCUT2D eigenvalue weighted by atomic mass is 10.2. The van der Waals surface area contributed by atoms with E-state index in [9.17, 15) is 0 Å². The highest BCUT2D eigenvalue weighted by atomic mass is 16.5. The van der Waals surface area contributed by atoms with E-state index in [4.69, 9.17) is 9.84 Å². The van der Waals surface area contributed by atoms with Crippen molar-refractivity contribution in [3.8, 4) is 5.88 Å². The maximum atomic E-state index is 9.09. The molecule has 1 aromatic rings. The van der Waals surface area contributed by atoms with Crippen molar-refractivity contribution in [2.24, 2.45) is 0 Å². The summed E-state index contributed by atoms with van der Waals surface area (Å²) in [4.78, 5) is 6.70. The zero-order valence-electron chi connectivity index (χ0n) is 10.4. The van der Waals surface area contributed by atoms with Crippen LogP contribution >= 0.6 is 0 Å². The number of hydrogen-bond donors (Lipinski definition) is 1. The van der Waals surface area contributed by atoms with E-state index in [1.807, 2.05) is 13.0 Å². The third kappa shape index (κ3) is 3.68. The molecule has 1 aliphatic heterocycles. The van der Waals surface area contributed by atoms with Gasteiger partial charge in [-0.1, -0.05) is 0 Å². The summed E-state index contributed by atoms with van der Waals surface area (Å²) in [7, 11) is 0. The highest BCUT2D eigenvalue weighted by molar-refractivity contribution is 5.23. The number of rotatable bonds is 5. The first kappa shape index (κ1) is 12.3. The summed E-state index contributed by atoms with van der Waals surface area (Å²) in [5.74, 6) is 0.619. The van der Waals surface area contributed by atoms with Crippen molar-refractivity contribution < 1.29 is 9.84 Å². The first-order valence-corrected chi connectivity index (χ1v) is 6.21. The largest absolute Gasteiger partial charge is 0.476 e. The number of aryl methyl sites for hydroxylation is 1. The summed E-state index contributed by atoms with van der Waals surface area (Å²) in [6.45, 7) is 5.95. The second-order valence-electron chi connectivity index (χ2n) is 4.51. The number of ether oxygens (including phenoxy) is 1. The first-order chi connectivity index (χ1) is 8.28. The molecule has 1 aromatic heterocycles. The average molecular weight is 236 g/mol. The first-order valence-electron chi connectivity index (χ1n) is 6.21. The maximum Gasteiger partial charge on any atom is 0.213 e. The van der Waals surface area contributed by atoms with Crippen LogP contribution in [0.4, 0.5) is 0 Å². The minimum atomic E-state index is 0.0336. The fourth-order valence-electron chi connectivity index (χ4n) is 2.16. The molecule has 1 saturated heterocycles. The summed E-state index contributed by atoms with van der Waals surface area (Å²) >= 11 is 0. The van der Waals surface area contributed by atoms with Gasteiger partial charge in [-0.3, -0.25) is 4.90 Å². The summed E-state index contributed by atoms with van der Waals surface area (Å²) in [5, 5.41) is 9.09. The quantitative estimate of drug-likeness (QED) is 0.838. The lowest BCUT2D eigenvalue weighted by molar-refractivity contribution is 0.230. The van der Waals surface area contributed by atoms with Crippen molar-refractivity contribution in [3.63, 3.8) is 0 Å². The monoisotopic (exact) mass is 236 g/mol. The Labute approximate surface area is 102 Å². The van der Waals surface area contributed by atoms with Gasteiger partial charge in [0.25, 0.3) is 0 Å². The van der Waals surface area contributed by atoms with Crippen LogP contribution in [0.5, 0.6) is 5.88 Å². The zero-order valence-corrected chi connectivity index (χ0v) is 10.4. The van der Waals surface area contributed by atoms with Crippen LogP contribution in [0, 0.1) is 6.92 Å². The van der Waals surface area contributed by atoms with Crippen LogP contribution in [0.2, 0.25) is 0 Å². The lowest BCUT2D eigenvalue weighted by Gasteiger charge is -2.14. The Kier molecular flexibility index (Phi) is 4.34. The summed E-state index contributed by atoms with van der Waals surface area (Å²) in [6.07, 6.45) is 2.61. The van der Waals surface area contributed by atoms with E-state index >= 15 is 0 Å². The normalized spacial score (nSPS) is 16.4. The highest BCUT2D eigenvalue weighted by Gasteiger charge is 2.11. The number of hydrogen-bond acceptors (Lipinski definition) is 4. The van der Waals surface area contributed by atoms with E-state index in [0.717, 1.165) is 17.8 Å². The molecule has 0 amide bonds. The molecule has 0 bridgehead atoms. The van der Waals surface area contributed by atoms with Gasteiger partial charge in [0.2, 0.25) is 5.88 Å². The number of pyridine rings is 1. The van der Waals surface area contributed by atoms with Crippen molar-refractivity contribution in [2.75, 3.05) is 26.2 Å². The fraction of sp³-hybridized carbons (Fsp3) is 0.615. The molecule has 94 valence electrons. The number of aliphatic hydroxyl groups is 1. The number of nitrogens with zero attached hydrogens (tertiary/aromatic N) is 2. The van der Waals surface area contributed by atoms with E-state index in [0.29, 0.717) is 12.5 Å². The fourth-order valence-corrected chi connectivity index (χ4v) is 2.16. The Morgan fingerprint density at radius 2 is 2.12 bits per heavy atom. The van der Waals surface area contributed by atoms with Crippen molar-refractivity contribution in [2.45, 2.75) is 26.4 Å². The van der Waals surface area contributed by atoms with Gasteiger partial charge in [-0.15, -0.1) is 0 Å². The molecule has 2 heterocycles. The molecule has 0 unspecified atom stereocenters. The molecule has 0 aliphatic carbocycles. The van der Waals surface area contributed by atoms with Crippen molar-refractivity contribution in [1.29, 1.82) is 0 Å². The Hall–Kier alpha value is -1.13. The molecule has 1 fully saturated rings. The van der Waals surface area contributed by atoms with Crippen LogP contribution in [-0.4, -0.2) is 41.2 Å². The molecule has 0 atom stereocenters. The van der Waals surface area contributed by atoms with Gasteiger partial charge in [0, 0.05) is 18.3 Å². The molecule has 0 saturated carbocycles. The second-order valence-corrected chi connectivity index (χ2v) is 4.51. The predicted octanol–water partition coefficient (Wildman–Crippen LogP) is 1.36. The smallest absolute Gasteiger partial charge is 0.213 e. The van der Waals surface area contributed by atoms with Gasteiger partial charge >= 0.3 is 0 Å². The molecule has 17 heavy (non-hydrogen) atoms. The third-order valence-corrected chi connectivity index (χ3v) is 3.03. The molecule has 4 nitrogen and oxygen atoms in total. The maximum absolute atomic E-state index is 9.09. The molecule has 1 aliphatic rings. The molecule has 1 N–H and O–H groups in total. The van der Waals surface area contributed by atoms with E-state index in [2.05, 4.69) is 9.88 Å². The Balaban J connectivity index is 1.83. The van der Waals surface area contributed by atoms with Crippen LogP contribution in [0.15, 0.2) is 12.1 Å². The van der Waals surface area contributed by atoms with E-state index < -0.39 is 0 Å². The third-order valence-electron chi connectivity index (χ3n) is 3.03. The van der Waals surface area contributed by atoms with Gasteiger partial charge in [0.1, 0.15) is 6.61 Å².